The van der Waals surface area contributed by atoms with Gasteiger partial charge in [0.2, 0.25) is 19.7 Å². The molecule has 0 spiro atoms. The third-order valence-corrected chi connectivity index (χ3v) is 8.69. The first-order valence-corrected chi connectivity index (χ1v) is 12.5. The van der Waals surface area contributed by atoms with Crippen molar-refractivity contribution in [1.82, 2.24) is 0 Å². The monoisotopic (exact) mass is 476 g/mol. The lowest BCUT2D eigenvalue weighted by Gasteiger charge is -2.09. The summed E-state index contributed by atoms with van der Waals surface area (Å²) < 4.78 is 51.5. The molecule has 0 fully saturated rings. The molecule has 30 heavy (non-hydrogen) atoms. The predicted molar refractivity (Wildman–Crippen MR) is 118 cm³/mol. The van der Waals surface area contributed by atoms with Crippen LogP contribution in [-0.2, 0) is 19.7 Å². The van der Waals surface area contributed by atoms with Gasteiger partial charge >= 0.3 is 0 Å². The van der Waals surface area contributed by atoms with Crippen molar-refractivity contribution < 1.29 is 16.8 Å². The second-order valence-electron chi connectivity index (χ2n) is 6.59. The molecule has 0 bridgehead atoms. The number of rotatable bonds is 4. The van der Waals surface area contributed by atoms with E-state index in [9.17, 15) is 16.8 Å². The van der Waals surface area contributed by atoms with E-state index in [0.29, 0.717) is 20.8 Å². The van der Waals surface area contributed by atoms with E-state index in [-0.39, 0.29) is 19.6 Å². The molecule has 0 aromatic heterocycles. The lowest BCUT2D eigenvalue weighted by molar-refractivity contribution is 0.594. The van der Waals surface area contributed by atoms with Crippen LogP contribution in [0.1, 0.15) is 0 Å². The number of halogens is 2. The van der Waals surface area contributed by atoms with Gasteiger partial charge in [-0.25, -0.2) is 16.8 Å². The van der Waals surface area contributed by atoms with Gasteiger partial charge in [-0.15, -0.1) is 0 Å². The van der Waals surface area contributed by atoms with E-state index in [1.54, 1.807) is 12.1 Å². The highest BCUT2D eigenvalue weighted by molar-refractivity contribution is 7.91. The fourth-order valence-corrected chi connectivity index (χ4v) is 5.88. The van der Waals surface area contributed by atoms with Gasteiger partial charge in [-0.3, -0.25) is 0 Å². The first-order valence-electron chi connectivity index (χ1n) is 8.73. The lowest BCUT2D eigenvalue weighted by atomic mass is 10.1. The minimum absolute atomic E-state index is 0.116. The number of hydrogen-bond acceptors (Lipinski definition) is 4. The van der Waals surface area contributed by atoms with Crippen molar-refractivity contribution in [1.29, 1.82) is 0 Å². The highest BCUT2D eigenvalue weighted by atomic mass is 35.5. The Morgan fingerprint density at radius 2 is 0.733 bits per heavy atom. The fraction of sp³-hybridized carbons (Fsp3) is 0. The van der Waals surface area contributed by atoms with Gasteiger partial charge in [0.05, 0.1) is 19.6 Å². The molecule has 0 heterocycles. The number of benzene rings is 4. The first-order chi connectivity index (χ1) is 14.2. The molecule has 0 aliphatic carbocycles. The molecule has 4 aromatic carbocycles. The van der Waals surface area contributed by atoms with E-state index >= 15 is 0 Å². The van der Waals surface area contributed by atoms with Crippen LogP contribution in [0.15, 0.2) is 105 Å². The average Bonchev–Trinajstić information content (AvgIpc) is 2.73. The third kappa shape index (κ3) is 3.84. The average molecular weight is 477 g/mol. The predicted octanol–water partition coefficient (Wildman–Crippen LogP) is 5.81. The van der Waals surface area contributed by atoms with Crippen LogP contribution in [0.2, 0.25) is 10.0 Å². The molecule has 0 amide bonds. The van der Waals surface area contributed by atoms with Crippen LogP contribution in [-0.4, -0.2) is 16.8 Å². The summed E-state index contributed by atoms with van der Waals surface area (Å²) in [5.74, 6) is 0. The van der Waals surface area contributed by atoms with E-state index in [2.05, 4.69) is 0 Å². The van der Waals surface area contributed by atoms with Crippen molar-refractivity contribution >= 4 is 53.6 Å². The maximum atomic E-state index is 12.9. The van der Waals surface area contributed by atoms with Crippen LogP contribution in [0.5, 0.6) is 0 Å². The van der Waals surface area contributed by atoms with E-state index in [4.69, 9.17) is 23.2 Å². The highest BCUT2D eigenvalue weighted by Gasteiger charge is 2.20. The van der Waals surface area contributed by atoms with Gasteiger partial charge in [0.15, 0.2) is 0 Å². The zero-order valence-electron chi connectivity index (χ0n) is 15.3. The molecule has 4 rings (SSSR count). The van der Waals surface area contributed by atoms with E-state index in [0.717, 1.165) is 0 Å². The van der Waals surface area contributed by atoms with Crippen molar-refractivity contribution in [3.05, 3.63) is 95.0 Å². The third-order valence-electron chi connectivity index (χ3n) is 4.65. The van der Waals surface area contributed by atoms with E-state index in [1.807, 2.05) is 0 Å². The van der Waals surface area contributed by atoms with Gasteiger partial charge in [-0.05, 0) is 83.6 Å². The number of hydrogen-bond donors (Lipinski definition) is 0. The summed E-state index contributed by atoms with van der Waals surface area (Å²) in [4.78, 5) is 0.498. The smallest absolute Gasteiger partial charge is 0.206 e. The first kappa shape index (κ1) is 20.9. The van der Waals surface area contributed by atoms with Crippen LogP contribution < -0.4 is 0 Å². The number of sulfone groups is 2. The second-order valence-corrected chi connectivity index (χ2v) is 11.4. The Morgan fingerprint density at radius 3 is 1.07 bits per heavy atom. The van der Waals surface area contributed by atoms with Gasteiger partial charge in [-0.2, -0.15) is 0 Å². The fourth-order valence-electron chi connectivity index (χ4n) is 3.04. The Bertz CT molecular complexity index is 1350. The molecule has 152 valence electrons. The van der Waals surface area contributed by atoms with Gasteiger partial charge in [0.25, 0.3) is 0 Å². The summed E-state index contributed by atoms with van der Waals surface area (Å²) in [7, 11) is -7.44. The minimum Gasteiger partial charge on any atom is -0.219 e. The van der Waals surface area contributed by atoms with Crippen LogP contribution in [0.25, 0.3) is 10.8 Å². The van der Waals surface area contributed by atoms with Gasteiger partial charge in [0, 0.05) is 10.0 Å². The van der Waals surface area contributed by atoms with Crippen LogP contribution in [0.3, 0.4) is 0 Å². The molecular weight excluding hydrogens is 463 g/mol. The highest BCUT2D eigenvalue weighted by Crippen LogP contribution is 2.29. The maximum absolute atomic E-state index is 12.9. The molecule has 0 atom stereocenters. The number of fused-ring (bicyclic) bond motifs is 1. The molecule has 0 N–H and O–H groups in total. The maximum Gasteiger partial charge on any atom is 0.206 e. The van der Waals surface area contributed by atoms with Crippen LogP contribution >= 0.6 is 23.2 Å². The van der Waals surface area contributed by atoms with Crippen molar-refractivity contribution in [2.24, 2.45) is 0 Å². The molecule has 8 heteroatoms. The Morgan fingerprint density at radius 1 is 0.433 bits per heavy atom. The zero-order valence-corrected chi connectivity index (χ0v) is 18.4. The molecule has 0 saturated heterocycles. The summed E-state index contributed by atoms with van der Waals surface area (Å²) in [6, 6.07) is 21.0. The van der Waals surface area contributed by atoms with Crippen molar-refractivity contribution in [3.8, 4) is 0 Å². The second kappa shape index (κ2) is 7.71. The molecular formula is C22H14Cl2O4S2. The quantitative estimate of drug-likeness (QED) is 0.372. The Balaban J connectivity index is 1.76. The molecule has 4 nitrogen and oxygen atoms in total. The van der Waals surface area contributed by atoms with Gasteiger partial charge in [-0.1, -0.05) is 35.3 Å². The molecule has 0 radical (unpaired) electrons. The molecule has 0 unspecified atom stereocenters. The topological polar surface area (TPSA) is 68.3 Å². The molecule has 4 aromatic rings. The summed E-state index contributed by atoms with van der Waals surface area (Å²) >= 11 is 11.7. The molecule has 0 aliphatic rings. The lowest BCUT2D eigenvalue weighted by Crippen LogP contribution is -2.03. The standard InChI is InChI=1S/C22H14Cl2O4S2/c23-17-3-9-19(10-4-17)29(25,26)21-7-1-15-13-22(8-2-16(15)14-21)30(27,28)20-11-5-18(24)6-12-20/h1-14H. The van der Waals surface area contributed by atoms with Crippen LogP contribution in [0.4, 0.5) is 0 Å². The van der Waals surface area contributed by atoms with E-state index < -0.39 is 19.7 Å². The summed E-state index contributed by atoms with van der Waals surface area (Å²) in [5, 5.41) is 2.11. The van der Waals surface area contributed by atoms with Gasteiger partial charge in [0.1, 0.15) is 0 Å². The Hall–Kier alpha value is -2.38. The largest absolute Gasteiger partial charge is 0.219 e. The molecule has 0 saturated carbocycles. The molecule has 0 aliphatic heterocycles. The zero-order chi connectivity index (χ0) is 21.5. The Kier molecular flexibility index (Phi) is 5.36. The Labute approximate surface area is 184 Å². The summed E-state index contributed by atoms with van der Waals surface area (Å²) in [6.45, 7) is 0. The van der Waals surface area contributed by atoms with E-state index in [1.165, 1.54) is 72.8 Å². The minimum atomic E-state index is -3.72. The summed E-state index contributed by atoms with van der Waals surface area (Å²) in [6.07, 6.45) is 0. The van der Waals surface area contributed by atoms with Crippen molar-refractivity contribution in [2.45, 2.75) is 19.6 Å². The van der Waals surface area contributed by atoms with Crippen molar-refractivity contribution in [2.75, 3.05) is 0 Å². The van der Waals surface area contributed by atoms with Gasteiger partial charge < -0.3 is 0 Å². The van der Waals surface area contributed by atoms with Crippen molar-refractivity contribution in [3.63, 3.8) is 0 Å². The SMILES string of the molecule is O=S(=O)(c1ccc(Cl)cc1)c1ccc2cc(S(=O)(=O)c3ccc(Cl)cc3)ccc2c1. The normalized spacial score (nSPS) is 12.2. The summed E-state index contributed by atoms with van der Waals surface area (Å²) in [5.41, 5.74) is 0. The van der Waals surface area contributed by atoms with Crippen LogP contribution in [0, 0.1) is 0 Å².